The summed E-state index contributed by atoms with van der Waals surface area (Å²) >= 11 is 0. The molecule has 0 unspecified atom stereocenters. The van der Waals surface area contributed by atoms with E-state index in [9.17, 15) is 0 Å². The van der Waals surface area contributed by atoms with E-state index in [-0.39, 0.29) is 5.95 Å². The molecule has 0 amide bonds. The van der Waals surface area contributed by atoms with E-state index in [4.69, 9.17) is 15.0 Å². The number of aromatic nitrogens is 3. The molecule has 0 bridgehead atoms. The number of nitrogen functional groups attached to an aromatic ring is 1. The highest BCUT2D eigenvalue weighted by atomic mass is 16.5. The van der Waals surface area contributed by atoms with Crippen molar-refractivity contribution in [1.29, 1.82) is 0 Å². The van der Waals surface area contributed by atoms with Crippen LogP contribution >= 0.6 is 0 Å². The average molecular weight is 332 g/mol. The van der Waals surface area contributed by atoms with E-state index in [0.29, 0.717) is 31.5 Å². The van der Waals surface area contributed by atoms with E-state index in [1.807, 2.05) is 12.1 Å². The predicted octanol–water partition coefficient (Wildman–Crippen LogP) is 1.69. The van der Waals surface area contributed by atoms with Crippen LogP contribution in [0.4, 0.5) is 17.6 Å². The van der Waals surface area contributed by atoms with Gasteiger partial charge in [-0.1, -0.05) is 19.0 Å². The smallest absolute Gasteiger partial charge is 0.223 e. The highest BCUT2D eigenvalue weighted by molar-refractivity contribution is 5.52. The van der Waals surface area contributed by atoms with Gasteiger partial charge in [0.1, 0.15) is 11.6 Å². The van der Waals surface area contributed by atoms with Crippen molar-refractivity contribution in [3.8, 4) is 0 Å². The van der Waals surface area contributed by atoms with Crippen molar-refractivity contribution in [2.24, 2.45) is 5.92 Å². The Balaban J connectivity index is 1.64. The van der Waals surface area contributed by atoms with Crippen molar-refractivity contribution >= 4 is 17.6 Å². The molecule has 0 aliphatic carbocycles. The third kappa shape index (κ3) is 4.35. The van der Waals surface area contributed by atoms with E-state index in [2.05, 4.69) is 39.2 Å². The molecule has 3 N–H and O–H groups in total. The molecular formula is C16H24N6O2. The van der Waals surface area contributed by atoms with Crippen molar-refractivity contribution in [3.05, 3.63) is 23.6 Å². The Kier molecular flexibility index (Phi) is 5.14. The Morgan fingerprint density at radius 2 is 2.04 bits per heavy atom. The summed E-state index contributed by atoms with van der Waals surface area (Å²) in [6, 6.07) is 3.87. The van der Waals surface area contributed by atoms with Gasteiger partial charge in [-0.15, -0.1) is 0 Å². The average Bonchev–Trinajstić information content (AvgIpc) is 3.00. The molecule has 1 aliphatic rings. The Labute approximate surface area is 141 Å². The lowest BCUT2D eigenvalue weighted by molar-refractivity contribution is 0.122. The van der Waals surface area contributed by atoms with Crippen LogP contribution in [0, 0.1) is 5.92 Å². The predicted molar refractivity (Wildman–Crippen MR) is 91.8 cm³/mol. The maximum atomic E-state index is 5.84. The van der Waals surface area contributed by atoms with Crippen molar-refractivity contribution in [3.63, 3.8) is 0 Å². The van der Waals surface area contributed by atoms with Gasteiger partial charge < -0.3 is 25.2 Å². The van der Waals surface area contributed by atoms with Crippen LogP contribution in [-0.4, -0.2) is 41.4 Å². The first-order valence-electron chi connectivity index (χ1n) is 8.26. The van der Waals surface area contributed by atoms with Crippen molar-refractivity contribution in [2.75, 3.05) is 42.3 Å². The summed E-state index contributed by atoms with van der Waals surface area (Å²) in [7, 11) is 0. The molecule has 0 atom stereocenters. The summed E-state index contributed by atoms with van der Waals surface area (Å²) in [6.45, 7) is 7.82. The number of nitrogens with two attached hydrogens (primary N) is 1. The van der Waals surface area contributed by atoms with Crippen LogP contribution in [0.25, 0.3) is 0 Å². The van der Waals surface area contributed by atoms with E-state index in [1.165, 1.54) is 0 Å². The topological polar surface area (TPSA) is 102 Å². The minimum absolute atomic E-state index is 0.250. The molecule has 0 saturated carbocycles. The number of nitrogens with zero attached hydrogens (tertiary/aromatic N) is 4. The van der Waals surface area contributed by atoms with Crippen molar-refractivity contribution in [2.45, 2.75) is 26.8 Å². The van der Waals surface area contributed by atoms with Gasteiger partial charge in [-0.3, -0.25) is 0 Å². The lowest BCUT2D eigenvalue weighted by Crippen LogP contribution is -2.37. The molecule has 1 saturated heterocycles. The van der Waals surface area contributed by atoms with Gasteiger partial charge in [-0.05, 0) is 12.3 Å². The zero-order valence-corrected chi connectivity index (χ0v) is 14.2. The van der Waals surface area contributed by atoms with Gasteiger partial charge in [-0.25, -0.2) is 0 Å². The summed E-state index contributed by atoms with van der Waals surface area (Å²) in [5.41, 5.74) is 6.81. The second-order valence-electron chi connectivity index (χ2n) is 6.31. The summed E-state index contributed by atoms with van der Waals surface area (Å²) in [6.07, 6.45) is 0.908. The highest BCUT2D eigenvalue weighted by Gasteiger charge is 2.14. The fraction of sp³-hybridized carbons (Fsp3) is 0.562. The molecule has 0 spiro atoms. The molecule has 2 aromatic rings. The third-order valence-corrected chi connectivity index (χ3v) is 3.73. The number of nitrogens with one attached hydrogen (secondary N) is 1. The maximum absolute atomic E-state index is 5.84. The molecule has 3 rings (SSSR count). The minimum atomic E-state index is 0.250. The Bertz CT molecular complexity index is 666. The Hall–Kier alpha value is -2.35. The minimum Gasteiger partial charge on any atom is -0.378 e. The Morgan fingerprint density at radius 1 is 1.25 bits per heavy atom. The largest absolute Gasteiger partial charge is 0.378 e. The van der Waals surface area contributed by atoms with E-state index < -0.39 is 0 Å². The van der Waals surface area contributed by atoms with Gasteiger partial charge in [0, 0.05) is 25.2 Å². The molecule has 0 radical (unpaired) electrons. The van der Waals surface area contributed by atoms with E-state index >= 15 is 0 Å². The summed E-state index contributed by atoms with van der Waals surface area (Å²) in [4.78, 5) is 10.7. The second-order valence-corrected chi connectivity index (χ2v) is 6.31. The van der Waals surface area contributed by atoms with Crippen LogP contribution in [0.2, 0.25) is 0 Å². The van der Waals surface area contributed by atoms with Crippen LogP contribution in [0.5, 0.6) is 0 Å². The molecule has 0 aromatic carbocycles. The fourth-order valence-corrected chi connectivity index (χ4v) is 2.63. The summed E-state index contributed by atoms with van der Waals surface area (Å²) in [5.74, 6) is 3.06. The summed E-state index contributed by atoms with van der Waals surface area (Å²) < 4.78 is 10.7. The monoisotopic (exact) mass is 332 g/mol. The van der Waals surface area contributed by atoms with Gasteiger partial charge in [0.15, 0.2) is 5.76 Å². The van der Waals surface area contributed by atoms with Gasteiger partial charge in [0.25, 0.3) is 0 Å². The molecule has 8 nitrogen and oxygen atoms in total. The molecule has 8 heteroatoms. The summed E-state index contributed by atoms with van der Waals surface area (Å²) in [5, 5.41) is 7.31. The second kappa shape index (κ2) is 7.48. The molecule has 2 aromatic heterocycles. The number of morpholine rings is 1. The first-order valence-corrected chi connectivity index (χ1v) is 8.26. The lowest BCUT2D eigenvalue weighted by atomic mass is 10.1. The zero-order valence-electron chi connectivity index (χ0n) is 14.2. The number of hydrogen-bond acceptors (Lipinski definition) is 8. The van der Waals surface area contributed by atoms with Gasteiger partial charge in [0.05, 0.1) is 25.5 Å². The molecule has 1 fully saturated rings. The normalized spacial score (nSPS) is 15.0. The first-order chi connectivity index (χ1) is 11.6. The van der Waals surface area contributed by atoms with Crippen LogP contribution in [-0.2, 0) is 17.7 Å². The van der Waals surface area contributed by atoms with Crippen molar-refractivity contribution < 1.29 is 9.26 Å². The standard InChI is InChI=1S/C16H24N6O2/c1-11(2)7-12-8-13(24-21-12)10-18-14-9-15(20-16(17)19-14)22-3-5-23-6-4-22/h8-9,11H,3-7,10H2,1-2H3,(H3,17,18,19,20). The fourth-order valence-electron chi connectivity index (χ4n) is 2.63. The number of anilines is 3. The molecule has 130 valence electrons. The van der Waals surface area contributed by atoms with Gasteiger partial charge in [-0.2, -0.15) is 9.97 Å². The quantitative estimate of drug-likeness (QED) is 0.824. The molecule has 24 heavy (non-hydrogen) atoms. The lowest BCUT2D eigenvalue weighted by Gasteiger charge is -2.28. The van der Waals surface area contributed by atoms with Crippen LogP contribution in [0.1, 0.15) is 25.3 Å². The van der Waals surface area contributed by atoms with Crippen LogP contribution in [0.3, 0.4) is 0 Å². The molecular weight excluding hydrogens is 308 g/mol. The zero-order chi connectivity index (χ0) is 16.9. The van der Waals surface area contributed by atoms with Crippen molar-refractivity contribution in [1.82, 2.24) is 15.1 Å². The molecule has 3 heterocycles. The van der Waals surface area contributed by atoms with Crippen LogP contribution < -0.4 is 16.0 Å². The molecule has 1 aliphatic heterocycles. The first kappa shape index (κ1) is 16.5. The number of rotatable bonds is 6. The van der Waals surface area contributed by atoms with E-state index in [0.717, 1.165) is 36.8 Å². The number of hydrogen-bond donors (Lipinski definition) is 2. The van der Waals surface area contributed by atoms with Crippen LogP contribution in [0.15, 0.2) is 16.7 Å². The third-order valence-electron chi connectivity index (χ3n) is 3.73. The number of ether oxygens (including phenoxy) is 1. The van der Waals surface area contributed by atoms with Gasteiger partial charge >= 0.3 is 0 Å². The van der Waals surface area contributed by atoms with E-state index in [1.54, 1.807) is 0 Å². The maximum Gasteiger partial charge on any atom is 0.223 e. The highest BCUT2D eigenvalue weighted by Crippen LogP contribution is 2.19. The van der Waals surface area contributed by atoms with Gasteiger partial charge in [0.2, 0.25) is 5.95 Å². The Morgan fingerprint density at radius 3 is 2.79 bits per heavy atom. The SMILES string of the molecule is CC(C)Cc1cc(CNc2cc(N3CCOCC3)nc(N)n2)on1.